The van der Waals surface area contributed by atoms with Crippen LogP contribution in [0.1, 0.15) is 40.0 Å². The van der Waals surface area contributed by atoms with Crippen LogP contribution in [0.15, 0.2) is 0 Å². The van der Waals surface area contributed by atoms with Crippen molar-refractivity contribution >= 4 is 0 Å². The molecule has 5 atom stereocenters. The first-order valence-electron chi connectivity index (χ1n) is 6.83. The molecule has 5 heteroatoms. The molecule has 3 heterocycles. The van der Waals surface area contributed by atoms with Gasteiger partial charge in [0.15, 0.2) is 18.4 Å². The van der Waals surface area contributed by atoms with Crippen molar-refractivity contribution in [1.29, 1.82) is 0 Å². The monoisotopic (exact) mass is 258 g/mol. The first kappa shape index (κ1) is 12.8. The smallest absolute Gasteiger partial charge is 0.190 e. The Kier molecular flexibility index (Phi) is 3.36. The van der Waals surface area contributed by atoms with Crippen LogP contribution in [-0.4, -0.2) is 43.3 Å². The molecule has 0 saturated carbocycles. The van der Waals surface area contributed by atoms with Crippen molar-refractivity contribution in [2.24, 2.45) is 0 Å². The lowest BCUT2D eigenvalue weighted by molar-refractivity contribution is -0.243. The third-order valence-corrected chi connectivity index (χ3v) is 3.67. The van der Waals surface area contributed by atoms with Crippen molar-refractivity contribution in [1.82, 2.24) is 0 Å². The number of ether oxygens (including phenoxy) is 5. The molecule has 3 aliphatic rings. The van der Waals surface area contributed by atoms with Gasteiger partial charge in [-0.15, -0.1) is 0 Å². The Morgan fingerprint density at radius 3 is 2.72 bits per heavy atom. The van der Waals surface area contributed by atoms with E-state index in [0.717, 1.165) is 25.9 Å². The van der Waals surface area contributed by atoms with Crippen LogP contribution in [0.3, 0.4) is 0 Å². The number of rotatable bonds is 2. The Morgan fingerprint density at radius 1 is 1.17 bits per heavy atom. The highest BCUT2D eigenvalue weighted by molar-refractivity contribution is 4.92. The average molecular weight is 258 g/mol. The molecule has 0 aromatic rings. The van der Waals surface area contributed by atoms with E-state index in [9.17, 15) is 0 Å². The maximum atomic E-state index is 6.02. The van der Waals surface area contributed by atoms with Gasteiger partial charge in [-0.25, -0.2) is 0 Å². The topological polar surface area (TPSA) is 46.2 Å². The Balaban J connectivity index is 1.63. The lowest BCUT2D eigenvalue weighted by Gasteiger charge is -2.29. The van der Waals surface area contributed by atoms with Crippen LogP contribution in [0, 0.1) is 0 Å². The summed E-state index contributed by atoms with van der Waals surface area (Å²) in [5.74, 6) is -0.593. The molecule has 18 heavy (non-hydrogen) atoms. The van der Waals surface area contributed by atoms with Gasteiger partial charge in [-0.2, -0.15) is 0 Å². The fourth-order valence-electron chi connectivity index (χ4n) is 2.82. The van der Waals surface area contributed by atoms with Crippen LogP contribution in [0.4, 0.5) is 0 Å². The average Bonchev–Trinajstić information content (AvgIpc) is 2.74. The predicted molar refractivity (Wildman–Crippen MR) is 62.8 cm³/mol. The standard InChI is InChI=1S/C13H22O5/c1-8-10(16-9-6-4-5-7-14-9)11-12(15-8)18-13(2,3)17-11/h8-12H,4-7H2,1-3H3/t8-,9?,10+,11-,12-/m1/s1. The summed E-state index contributed by atoms with van der Waals surface area (Å²) in [5.41, 5.74) is 0. The zero-order valence-electron chi connectivity index (χ0n) is 11.3. The Morgan fingerprint density at radius 2 is 2.00 bits per heavy atom. The third-order valence-electron chi connectivity index (χ3n) is 3.67. The predicted octanol–water partition coefficient (Wildman–Crippen LogP) is 1.79. The summed E-state index contributed by atoms with van der Waals surface area (Å²) < 4.78 is 28.9. The molecule has 0 aliphatic carbocycles. The van der Waals surface area contributed by atoms with Crippen LogP contribution in [-0.2, 0) is 23.7 Å². The minimum atomic E-state index is -0.593. The van der Waals surface area contributed by atoms with E-state index in [1.165, 1.54) is 0 Å². The van der Waals surface area contributed by atoms with Gasteiger partial charge >= 0.3 is 0 Å². The zero-order valence-corrected chi connectivity index (χ0v) is 11.3. The summed E-state index contributed by atoms with van der Waals surface area (Å²) in [4.78, 5) is 0. The fourth-order valence-corrected chi connectivity index (χ4v) is 2.82. The Hall–Kier alpha value is -0.200. The largest absolute Gasteiger partial charge is 0.353 e. The molecule has 104 valence electrons. The van der Waals surface area contributed by atoms with Crippen molar-refractivity contribution < 1.29 is 23.7 Å². The summed E-state index contributed by atoms with van der Waals surface area (Å²) >= 11 is 0. The van der Waals surface area contributed by atoms with E-state index in [-0.39, 0.29) is 30.9 Å². The molecular weight excluding hydrogens is 236 g/mol. The van der Waals surface area contributed by atoms with E-state index in [4.69, 9.17) is 23.7 Å². The molecular formula is C13H22O5. The minimum absolute atomic E-state index is 0.0263. The molecule has 0 aromatic heterocycles. The lowest BCUT2D eigenvalue weighted by atomic mass is 10.1. The van der Waals surface area contributed by atoms with Crippen LogP contribution in [0.5, 0.6) is 0 Å². The van der Waals surface area contributed by atoms with Crippen molar-refractivity contribution in [3.05, 3.63) is 0 Å². The van der Waals surface area contributed by atoms with Crippen molar-refractivity contribution in [2.75, 3.05) is 6.61 Å². The summed E-state index contributed by atoms with van der Waals surface area (Å²) in [6.45, 7) is 6.57. The van der Waals surface area contributed by atoms with Crippen molar-refractivity contribution in [2.45, 2.75) is 76.7 Å². The van der Waals surface area contributed by atoms with E-state index in [1.807, 2.05) is 20.8 Å². The molecule has 0 bridgehead atoms. The van der Waals surface area contributed by atoms with E-state index in [1.54, 1.807) is 0 Å². The summed E-state index contributed by atoms with van der Waals surface area (Å²) in [7, 11) is 0. The van der Waals surface area contributed by atoms with Crippen LogP contribution >= 0.6 is 0 Å². The van der Waals surface area contributed by atoms with Gasteiger partial charge in [0.1, 0.15) is 12.2 Å². The van der Waals surface area contributed by atoms with Gasteiger partial charge in [0.25, 0.3) is 0 Å². The van der Waals surface area contributed by atoms with Gasteiger partial charge in [0.05, 0.1) is 6.10 Å². The second-order valence-corrected chi connectivity index (χ2v) is 5.71. The van der Waals surface area contributed by atoms with Gasteiger partial charge < -0.3 is 23.7 Å². The normalized spacial score (nSPS) is 47.2. The van der Waals surface area contributed by atoms with Crippen LogP contribution < -0.4 is 0 Å². The maximum Gasteiger partial charge on any atom is 0.190 e. The summed E-state index contributed by atoms with van der Waals surface area (Å²) in [6.07, 6.45) is 2.50. The number of fused-ring (bicyclic) bond motifs is 1. The van der Waals surface area contributed by atoms with Gasteiger partial charge in [-0.05, 0) is 40.0 Å². The Labute approximate surface area is 108 Å². The van der Waals surface area contributed by atoms with E-state index in [2.05, 4.69) is 0 Å². The Bertz CT molecular complexity index is 300. The molecule has 0 radical (unpaired) electrons. The molecule has 3 fully saturated rings. The van der Waals surface area contributed by atoms with Crippen molar-refractivity contribution in [3.63, 3.8) is 0 Å². The SMILES string of the molecule is C[C@H]1O[C@@H]2OC(C)(C)O[C@@H]2[C@H]1OC1CCCCO1. The second-order valence-electron chi connectivity index (χ2n) is 5.71. The van der Waals surface area contributed by atoms with Gasteiger partial charge in [-0.3, -0.25) is 0 Å². The van der Waals surface area contributed by atoms with E-state index >= 15 is 0 Å². The quantitative estimate of drug-likeness (QED) is 0.755. The molecule has 5 nitrogen and oxygen atoms in total. The molecule has 1 unspecified atom stereocenters. The molecule has 0 spiro atoms. The number of hydrogen-bond donors (Lipinski definition) is 0. The van der Waals surface area contributed by atoms with Gasteiger partial charge in [0.2, 0.25) is 0 Å². The highest BCUT2D eigenvalue weighted by atomic mass is 16.8. The summed E-state index contributed by atoms with van der Waals surface area (Å²) in [6, 6.07) is 0. The van der Waals surface area contributed by atoms with Crippen LogP contribution in [0.2, 0.25) is 0 Å². The fraction of sp³-hybridized carbons (Fsp3) is 1.00. The minimum Gasteiger partial charge on any atom is -0.353 e. The second kappa shape index (κ2) is 4.72. The lowest BCUT2D eigenvalue weighted by Crippen LogP contribution is -2.40. The third kappa shape index (κ3) is 2.42. The van der Waals surface area contributed by atoms with E-state index < -0.39 is 5.79 Å². The molecule has 0 amide bonds. The molecule has 3 aliphatic heterocycles. The first-order valence-corrected chi connectivity index (χ1v) is 6.83. The highest BCUT2D eigenvalue weighted by Crippen LogP contribution is 2.39. The van der Waals surface area contributed by atoms with Crippen molar-refractivity contribution in [3.8, 4) is 0 Å². The maximum absolute atomic E-state index is 6.02. The molecule has 3 rings (SSSR count). The highest BCUT2D eigenvalue weighted by Gasteiger charge is 2.54. The molecule has 0 N–H and O–H groups in total. The zero-order chi connectivity index (χ0) is 12.8. The first-order chi connectivity index (χ1) is 8.55. The van der Waals surface area contributed by atoms with Gasteiger partial charge in [0, 0.05) is 6.61 Å². The van der Waals surface area contributed by atoms with Gasteiger partial charge in [-0.1, -0.05) is 0 Å². The summed E-state index contributed by atoms with van der Waals surface area (Å²) in [5, 5.41) is 0. The molecule has 0 aromatic carbocycles. The number of hydrogen-bond acceptors (Lipinski definition) is 5. The van der Waals surface area contributed by atoms with E-state index in [0.29, 0.717) is 0 Å². The molecule has 3 saturated heterocycles. The van der Waals surface area contributed by atoms with Crippen LogP contribution in [0.25, 0.3) is 0 Å².